The van der Waals surface area contributed by atoms with E-state index in [2.05, 4.69) is 10.6 Å². The van der Waals surface area contributed by atoms with Crippen LogP contribution in [0.3, 0.4) is 0 Å². The van der Waals surface area contributed by atoms with Gasteiger partial charge in [-0.1, -0.05) is 12.1 Å². The van der Waals surface area contributed by atoms with Crippen LogP contribution in [0, 0.1) is 5.82 Å². The lowest BCUT2D eigenvalue weighted by molar-refractivity contribution is -0.120. The van der Waals surface area contributed by atoms with E-state index >= 15 is 0 Å². The SMILES string of the molecule is COCCNCC(=O)NCC1(c2ccc(F)cc2)CCOCC1. The van der Waals surface area contributed by atoms with E-state index in [4.69, 9.17) is 9.47 Å². The van der Waals surface area contributed by atoms with Gasteiger partial charge in [0.25, 0.3) is 0 Å². The number of hydrogen-bond donors (Lipinski definition) is 2. The molecule has 5 nitrogen and oxygen atoms in total. The second-order valence-corrected chi connectivity index (χ2v) is 5.85. The van der Waals surface area contributed by atoms with Gasteiger partial charge in [0.15, 0.2) is 0 Å². The van der Waals surface area contributed by atoms with Gasteiger partial charge in [0, 0.05) is 38.8 Å². The number of rotatable bonds is 8. The van der Waals surface area contributed by atoms with Gasteiger partial charge in [0.2, 0.25) is 5.91 Å². The molecular formula is C17H25FN2O3. The molecule has 0 unspecified atom stereocenters. The molecule has 1 aromatic rings. The normalized spacial score (nSPS) is 17.0. The van der Waals surface area contributed by atoms with Crippen LogP contribution in [0.1, 0.15) is 18.4 Å². The molecule has 0 bridgehead atoms. The zero-order valence-electron chi connectivity index (χ0n) is 13.6. The third-order valence-corrected chi connectivity index (χ3v) is 4.30. The van der Waals surface area contributed by atoms with E-state index in [1.165, 1.54) is 12.1 Å². The number of benzene rings is 1. The van der Waals surface area contributed by atoms with Gasteiger partial charge >= 0.3 is 0 Å². The van der Waals surface area contributed by atoms with Crippen molar-refractivity contribution in [2.45, 2.75) is 18.3 Å². The Kier molecular flexibility index (Phi) is 6.95. The van der Waals surface area contributed by atoms with Gasteiger partial charge < -0.3 is 20.1 Å². The van der Waals surface area contributed by atoms with E-state index in [1.54, 1.807) is 7.11 Å². The Bertz CT molecular complexity index is 487. The van der Waals surface area contributed by atoms with Crippen LogP contribution in [0.4, 0.5) is 4.39 Å². The van der Waals surface area contributed by atoms with Gasteiger partial charge in [-0.15, -0.1) is 0 Å². The Hall–Kier alpha value is -1.50. The molecule has 2 N–H and O–H groups in total. The first-order valence-corrected chi connectivity index (χ1v) is 7.96. The highest BCUT2D eigenvalue weighted by molar-refractivity contribution is 5.78. The first-order valence-electron chi connectivity index (χ1n) is 7.96. The van der Waals surface area contributed by atoms with Gasteiger partial charge in [-0.2, -0.15) is 0 Å². The van der Waals surface area contributed by atoms with Gasteiger partial charge in [0.1, 0.15) is 5.82 Å². The Labute approximate surface area is 136 Å². The zero-order chi connectivity index (χ0) is 16.5. The smallest absolute Gasteiger partial charge is 0.233 e. The molecule has 2 rings (SSSR count). The molecule has 1 heterocycles. The minimum Gasteiger partial charge on any atom is -0.383 e. The second-order valence-electron chi connectivity index (χ2n) is 5.85. The molecule has 1 fully saturated rings. The molecule has 6 heteroatoms. The maximum Gasteiger partial charge on any atom is 0.233 e. The van der Waals surface area contributed by atoms with Crippen molar-refractivity contribution in [3.05, 3.63) is 35.6 Å². The summed E-state index contributed by atoms with van der Waals surface area (Å²) in [6.45, 7) is 3.32. The van der Waals surface area contributed by atoms with Crippen molar-refractivity contribution < 1.29 is 18.7 Å². The average Bonchev–Trinajstić information content (AvgIpc) is 2.58. The van der Waals surface area contributed by atoms with Crippen LogP contribution >= 0.6 is 0 Å². The van der Waals surface area contributed by atoms with E-state index in [0.717, 1.165) is 18.4 Å². The summed E-state index contributed by atoms with van der Waals surface area (Å²) in [5.74, 6) is -0.295. The highest BCUT2D eigenvalue weighted by atomic mass is 19.1. The van der Waals surface area contributed by atoms with Gasteiger partial charge in [-0.25, -0.2) is 4.39 Å². The third kappa shape index (κ3) is 5.27. The quantitative estimate of drug-likeness (QED) is 0.706. The summed E-state index contributed by atoms with van der Waals surface area (Å²) in [6, 6.07) is 6.56. The maximum atomic E-state index is 13.2. The molecule has 128 valence electrons. The van der Waals surface area contributed by atoms with Crippen LogP contribution in [0.2, 0.25) is 0 Å². The van der Waals surface area contributed by atoms with Crippen LogP contribution in [0.5, 0.6) is 0 Å². The Morgan fingerprint density at radius 1 is 1.30 bits per heavy atom. The van der Waals surface area contributed by atoms with E-state index in [9.17, 15) is 9.18 Å². The first-order chi connectivity index (χ1) is 11.2. The minimum atomic E-state index is -0.248. The van der Waals surface area contributed by atoms with Crippen molar-refractivity contribution in [2.75, 3.05) is 46.6 Å². The van der Waals surface area contributed by atoms with Crippen molar-refractivity contribution >= 4 is 5.91 Å². The third-order valence-electron chi connectivity index (χ3n) is 4.30. The minimum absolute atomic E-state index is 0.0471. The summed E-state index contributed by atoms with van der Waals surface area (Å²) in [4.78, 5) is 12.0. The Morgan fingerprint density at radius 3 is 2.65 bits per heavy atom. The molecule has 23 heavy (non-hydrogen) atoms. The Morgan fingerprint density at radius 2 is 2.00 bits per heavy atom. The van der Waals surface area contributed by atoms with Crippen molar-refractivity contribution in [3.63, 3.8) is 0 Å². The topological polar surface area (TPSA) is 59.6 Å². The maximum absolute atomic E-state index is 13.2. The van der Waals surface area contributed by atoms with Gasteiger partial charge in [-0.3, -0.25) is 4.79 Å². The van der Waals surface area contributed by atoms with E-state index in [0.29, 0.717) is 32.9 Å². The van der Waals surface area contributed by atoms with Crippen LogP contribution in [0.25, 0.3) is 0 Å². The van der Waals surface area contributed by atoms with Crippen molar-refractivity contribution in [1.29, 1.82) is 0 Å². The molecular weight excluding hydrogens is 299 g/mol. The number of methoxy groups -OCH3 is 1. The highest BCUT2D eigenvalue weighted by Gasteiger charge is 2.34. The number of hydrogen-bond acceptors (Lipinski definition) is 4. The lowest BCUT2D eigenvalue weighted by atomic mass is 9.74. The molecule has 0 spiro atoms. The van der Waals surface area contributed by atoms with Crippen molar-refractivity contribution in [1.82, 2.24) is 10.6 Å². The van der Waals surface area contributed by atoms with Crippen molar-refractivity contribution in [2.24, 2.45) is 0 Å². The fourth-order valence-electron chi connectivity index (χ4n) is 2.84. The number of ether oxygens (including phenoxy) is 2. The lowest BCUT2D eigenvalue weighted by Crippen LogP contribution is -2.46. The van der Waals surface area contributed by atoms with E-state index in [1.807, 2.05) is 12.1 Å². The number of nitrogens with one attached hydrogen (secondary N) is 2. The number of carbonyl (C=O) groups excluding carboxylic acids is 1. The van der Waals surface area contributed by atoms with Crippen LogP contribution in [0.15, 0.2) is 24.3 Å². The van der Waals surface area contributed by atoms with Crippen LogP contribution < -0.4 is 10.6 Å². The molecule has 1 saturated heterocycles. The number of amides is 1. The summed E-state index contributed by atoms with van der Waals surface area (Å²) in [5, 5.41) is 6.01. The zero-order valence-corrected chi connectivity index (χ0v) is 13.6. The Balaban J connectivity index is 1.93. The average molecular weight is 324 g/mol. The fourth-order valence-corrected chi connectivity index (χ4v) is 2.84. The summed E-state index contributed by atoms with van der Waals surface area (Å²) in [7, 11) is 1.62. The molecule has 1 aliphatic rings. The highest BCUT2D eigenvalue weighted by Crippen LogP contribution is 2.34. The lowest BCUT2D eigenvalue weighted by Gasteiger charge is -2.38. The number of halogens is 1. The predicted molar refractivity (Wildman–Crippen MR) is 85.9 cm³/mol. The summed E-state index contributed by atoms with van der Waals surface area (Å²) in [5.41, 5.74) is 0.864. The summed E-state index contributed by atoms with van der Waals surface area (Å²) >= 11 is 0. The predicted octanol–water partition coefficient (Wildman–Crippen LogP) is 1.23. The van der Waals surface area contributed by atoms with Crippen LogP contribution in [-0.4, -0.2) is 52.5 Å². The molecule has 1 amide bonds. The molecule has 0 atom stereocenters. The fraction of sp³-hybridized carbons (Fsp3) is 0.588. The summed E-state index contributed by atoms with van der Waals surface area (Å²) in [6.07, 6.45) is 1.63. The largest absolute Gasteiger partial charge is 0.383 e. The standard InChI is InChI=1S/C17H25FN2O3/c1-22-11-8-19-12-16(21)20-13-17(6-9-23-10-7-17)14-2-4-15(18)5-3-14/h2-5,19H,6-13H2,1H3,(H,20,21). The molecule has 0 aliphatic carbocycles. The van der Waals surface area contributed by atoms with Gasteiger partial charge in [0.05, 0.1) is 13.2 Å². The molecule has 1 aromatic carbocycles. The van der Waals surface area contributed by atoms with Gasteiger partial charge in [-0.05, 0) is 30.5 Å². The first kappa shape index (κ1) is 17.8. The molecule has 1 aliphatic heterocycles. The molecule has 0 radical (unpaired) electrons. The molecule has 0 aromatic heterocycles. The monoisotopic (exact) mass is 324 g/mol. The number of carbonyl (C=O) groups is 1. The summed E-state index contributed by atoms with van der Waals surface area (Å²) < 4.78 is 23.6. The van der Waals surface area contributed by atoms with E-state index < -0.39 is 0 Å². The molecule has 0 saturated carbocycles. The van der Waals surface area contributed by atoms with E-state index in [-0.39, 0.29) is 23.7 Å². The van der Waals surface area contributed by atoms with Crippen LogP contribution in [-0.2, 0) is 19.7 Å². The van der Waals surface area contributed by atoms with Crippen molar-refractivity contribution in [3.8, 4) is 0 Å². The second kappa shape index (κ2) is 8.96.